The van der Waals surface area contributed by atoms with Gasteiger partial charge in [0.25, 0.3) is 17.0 Å². The van der Waals surface area contributed by atoms with E-state index in [1.54, 1.807) is 54.4 Å². The van der Waals surface area contributed by atoms with Gasteiger partial charge >= 0.3 is 0 Å². The first-order chi connectivity index (χ1) is 23.6. The third-order valence-corrected chi connectivity index (χ3v) is 10.5. The van der Waals surface area contributed by atoms with Gasteiger partial charge in [-0.1, -0.05) is 67.7 Å². The topological polar surface area (TPSA) is 99.5 Å². The number of anilines is 3. The molecule has 252 valence electrons. The molecule has 2 aliphatic heterocycles. The second kappa shape index (κ2) is 13.9. The van der Waals surface area contributed by atoms with Gasteiger partial charge in [0.1, 0.15) is 29.0 Å². The molecule has 0 aliphatic carbocycles. The first kappa shape index (κ1) is 34.0. The zero-order valence-corrected chi connectivity index (χ0v) is 29.4. The van der Waals surface area contributed by atoms with Crippen LogP contribution in [0.5, 0.6) is 0 Å². The lowest BCUT2D eigenvalue weighted by atomic mass is 10.0. The van der Waals surface area contributed by atoms with Crippen LogP contribution in [0.25, 0.3) is 11.8 Å². The predicted molar refractivity (Wildman–Crippen MR) is 197 cm³/mol. The Balaban J connectivity index is 1.44. The number of carbonyl (C=O) groups is 1. The monoisotopic (exact) mass is 697 g/mol. The molecular formula is C36H36FN7O3S2. The summed E-state index contributed by atoms with van der Waals surface area (Å²) in [6.45, 7) is 7.87. The van der Waals surface area contributed by atoms with Gasteiger partial charge in [0.2, 0.25) is 0 Å². The number of unbranched alkanes of at least 4 members (excludes halogenated alkanes) is 1. The minimum atomic E-state index is -0.458. The fraction of sp³-hybridized carbons (Fsp3) is 0.306. The molecule has 2 fully saturated rings. The maximum Gasteiger partial charge on any atom is 0.296 e. The van der Waals surface area contributed by atoms with Crippen molar-refractivity contribution in [2.45, 2.75) is 40.2 Å². The van der Waals surface area contributed by atoms with Crippen molar-refractivity contribution in [3.63, 3.8) is 0 Å². The summed E-state index contributed by atoms with van der Waals surface area (Å²) in [5.74, 6) is -0.145. The summed E-state index contributed by atoms with van der Waals surface area (Å²) in [6, 6.07) is 17.9. The minimum Gasteiger partial charge on any atom is -0.366 e. The molecular weight excluding hydrogens is 662 g/mol. The van der Waals surface area contributed by atoms with Crippen LogP contribution >= 0.6 is 24.0 Å². The molecule has 0 unspecified atom stereocenters. The molecule has 2 aromatic carbocycles. The summed E-state index contributed by atoms with van der Waals surface area (Å²) in [7, 11) is 1.76. The zero-order chi connectivity index (χ0) is 35.0. The van der Waals surface area contributed by atoms with Crippen LogP contribution in [-0.2, 0) is 18.4 Å². The summed E-state index contributed by atoms with van der Waals surface area (Å²) in [6.07, 6.45) is 3.23. The molecule has 0 saturated carbocycles. The molecule has 10 nitrogen and oxygen atoms in total. The highest BCUT2D eigenvalue weighted by Crippen LogP contribution is 2.39. The largest absolute Gasteiger partial charge is 0.366 e. The number of nitrogens with zero attached hydrogens (tertiary/aromatic N) is 7. The van der Waals surface area contributed by atoms with Crippen LogP contribution in [0.1, 0.15) is 42.1 Å². The van der Waals surface area contributed by atoms with Crippen molar-refractivity contribution in [1.29, 1.82) is 5.26 Å². The average molecular weight is 698 g/mol. The Hall–Kier alpha value is -4.93. The second-order valence-corrected chi connectivity index (χ2v) is 13.7. The van der Waals surface area contributed by atoms with Crippen molar-refractivity contribution in [2.24, 2.45) is 7.05 Å². The predicted octanol–water partition coefficient (Wildman–Crippen LogP) is 5.50. The van der Waals surface area contributed by atoms with Crippen LogP contribution in [0.3, 0.4) is 0 Å². The van der Waals surface area contributed by atoms with Gasteiger partial charge in [-0.2, -0.15) is 5.26 Å². The second-order valence-electron chi connectivity index (χ2n) is 12.0. The standard InChI is InChI=1S/C36H36FN7O3S2/c1-5-6-16-42-32(41-19-17-40(18-20-41)29-15-11-10-14-28(29)37)26(23(2)27(22-38)33(42)45)21-30-34(46)43(36(48)49-30)31-24(3)39(4)44(35(31)47)25-12-8-7-9-13-25/h7-15,21H,5-6,16-20H2,1-4H3/b30-21+. The van der Waals surface area contributed by atoms with Gasteiger partial charge in [-0.15, -0.1) is 0 Å². The van der Waals surface area contributed by atoms with Crippen LogP contribution in [0.2, 0.25) is 0 Å². The Bertz CT molecular complexity index is 2160. The first-order valence-corrected chi connectivity index (χ1v) is 17.3. The first-order valence-electron chi connectivity index (χ1n) is 16.1. The number of aromatic nitrogens is 3. The Morgan fingerprint density at radius 3 is 2.27 bits per heavy atom. The summed E-state index contributed by atoms with van der Waals surface area (Å²) in [5, 5.41) is 10.1. The summed E-state index contributed by atoms with van der Waals surface area (Å²) in [4.78, 5) is 47.4. The van der Waals surface area contributed by atoms with Crippen molar-refractivity contribution < 1.29 is 9.18 Å². The number of thioether (sulfide) groups is 1. The summed E-state index contributed by atoms with van der Waals surface area (Å²) >= 11 is 6.79. The molecule has 0 N–H and O–H groups in total. The molecule has 1 amide bonds. The molecule has 2 saturated heterocycles. The number of pyridine rings is 1. The van der Waals surface area contributed by atoms with Crippen LogP contribution in [-0.4, -0.2) is 50.3 Å². The molecule has 0 atom stereocenters. The van der Waals surface area contributed by atoms with E-state index in [1.165, 1.54) is 15.6 Å². The number of rotatable bonds is 8. The van der Waals surface area contributed by atoms with E-state index in [2.05, 4.69) is 11.0 Å². The van der Waals surface area contributed by atoms with Gasteiger partial charge in [-0.25, -0.2) is 9.07 Å². The van der Waals surface area contributed by atoms with Gasteiger partial charge in [-0.05, 0) is 56.2 Å². The minimum absolute atomic E-state index is 0.0104. The van der Waals surface area contributed by atoms with Gasteiger partial charge in [0.05, 0.1) is 22.0 Å². The Morgan fingerprint density at radius 1 is 0.959 bits per heavy atom. The van der Waals surface area contributed by atoms with E-state index in [9.17, 15) is 24.0 Å². The van der Waals surface area contributed by atoms with Crippen molar-refractivity contribution in [2.75, 3.05) is 40.9 Å². The summed E-state index contributed by atoms with van der Waals surface area (Å²) in [5.41, 5.74) is 2.18. The van der Waals surface area contributed by atoms with Crippen molar-refractivity contribution in [3.05, 3.63) is 108 Å². The number of carbonyl (C=O) groups excluding carboxylic acids is 1. The highest BCUT2D eigenvalue weighted by atomic mass is 32.2. The molecule has 0 spiro atoms. The molecule has 49 heavy (non-hydrogen) atoms. The van der Waals surface area contributed by atoms with Crippen molar-refractivity contribution >= 4 is 57.5 Å². The van der Waals surface area contributed by atoms with E-state index < -0.39 is 5.91 Å². The van der Waals surface area contributed by atoms with Gasteiger partial charge < -0.3 is 9.80 Å². The maximum absolute atomic E-state index is 14.7. The molecule has 2 aromatic heterocycles. The fourth-order valence-corrected chi connectivity index (χ4v) is 7.73. The van der Waals surface area contributed by atoms with Gasteiger partial charge in [0.15, 0.2) is 4.32 Å². The quantitative estimate of drug-likeness (QED) is 0.176. The van der Waals surface area contributed by atoms with Crippen molar-refractivity contribution in [3.8, 4) is 11.8 Å². The highest BCUT2D eigenvalue weighted by molar-refractivity contribution is 8.27. The lowest BCUT2D eigenvalue weighted by Crippen LogP contribution is -2.49. The smallest absolute Gasteiger partial charge is 0.296 e. The number of halogens is 1. The number of piperazine rings is 1. The van der Waals surface area contributed by atoms with Crippen LogP contribution < -0.4 is 25.8 Å². The Kier molecular flexibility index (Phi) is 9.63. The zero-order valence-electron chi connectivity index (χ0n) is 27.8. The molecule has 4 heterocycles. The third kappa shape index (κ3) is 6.00. The van der Waals surface area contributed by atoms with E-state index in [0.29, 0.717) is 73.2 Å². The van der Waals surface area contributed by atoms with E-state index >= 15 is 0 Å². The Morgan fingerprint density at radius 2 is 1.61 bits per heavy atom. The molecule has 6 rings (SSSR count). The lowest BCUT2D eigenvalue weighted by molar-refractivity contribution is -0.113. The van der Waals surface area contributed by atoms with E-state index in [4.69, 9.17) is 12.2 Å². The van der Waals surface area contributed by atoms with Crippen molar-refractivity contribution in [1.82, 2.24) is 13.9 Å². The van der Waals surface area contributed by atoms with Gasteiger partial charge in [-0.3, -0.25) is 28.5 Å². The molecule has 0 radical (unpaired) electrons. The lowest BCUT2D eigenvalue weighted by Gasteiger charge is -2.39. The number of hydrogen-bond donors (Lipinski definition) is 0. The Labute approximate surface area is 293 Å². The molecule has 13 heteroatoms. The third-order valence-electron chi connectivity index (χ3n) is 9.17. The molecule has 0 bridgehead atoms. The number of hydrogen-bond acceptors (Lipinski definition) is 8. The number of benzene rings is 2. The number of amides is 1. The fourth-order valence-electron chi connectivity index (χ4n) is 6.48. The average Bonchev–Trinajstić information content (AvgIpc) is 3.49. The SMILES string of the molecule is CCCCn1c(N2CCN(c3ccccc3F)CC2)c(/C=C2/SC(=S)N(c3c(C)n(C)n(-c4ccccc4)c3=O)C2=O)c(C)c(C#N)c1=O. The normalized spacial score (nSPS) is 15.8. The van der Waals surface area contributed by atoms with E-state index in [1.807, 2.05) is 42.2 Å². The van der Waals surface area contributed by atoms with E-state index in [0.717, 1.165) is 18.2 Å². The highest BCUT2D eigenvalue weighted by Gasteiger charge is 2.38. The number of thiocarbonyl (C=S) groups is 1. The van der Waals surface area contributed by atoms with Gasteiger partial charge in [0, 0.05) is 45.3 Å². The van der Waals surface area contributed by atoms with E-state index in [-0.39, 0.29) is 37.4 Å². The maximum atomic E-state index is 14.7. The molecule has 2 aliphatic rings. The van der Waals surface area contributed by atoms with Crippen LogP contribution in [0.15, 0.2) is 69.1 Å². The molecule has 4 aromatic rings. The number of nitriles is 1. The number of para-hydroxylation sites is 2. The van der Waals surface area contributed by atoms with Crippen LogP contribution in [0.4, 0.5) is 21.6 Å². The summed E-state index contributed by atoms with van der Waals surface area (Å²) < 4.78 is 19.7. The van der Waals surface area contributed by atoms with Crippen LogP contribution in [0, 0.1) is 31.0 Å².